The number of methoxy groups -OCH3 is 1. The van der Waals surface area contributed by atoms with E-state index in [-0.39, 0.29) is 34.2 Å². The maximum absolute atomic E-state index is 15.0. The maximum Gasteiger partial charge on any atom is 0.251 e. The van der Waals surface area contributed by atoms with Crippen LogP contribution in [0.2, 0.25) is 0 Å². The highest BCUT2D eigenvalue weighted by Gasteiger charge is 2.18. The van der Waals surface area contributed by atoms with Crippen molar-refractivity contribution in [3.05, 3.63) is 70.6 Å². The lowest BCUT2D eigenvalue weighted by molar-refractivity contribution is 0.413. The number of benzene rings is 2. The van der Waals surface area contributed by atoms with Crippen molar-refractivity contribution in [3.8, 4) is 17.0 Å². The van der Waals surface area contributed by atoms with Gasteiger partial charge >= 0.3 is 0 Å². The van der Waals surface area contributed by atoms with Crippen LogP contribution < -0.4 is 25.8 Å². The Morgan fingerprint density at radius 1 is 1.05 bits per heavy atom. The Labute approximate surface area is 212 Å². The quantitative estimate of drug-likeness (QED) is 0.399. The second-order valence-electron chi connectivity index (χ2n) is 9.17. The standard InChI is InChI=1S/C27H28F2N6O2/c1-16(2)35-23-13-17(12-20(28)19(23)5-7-25(35)36)26-21(29)15-31-27(33-26)32-18-4-6-22(24(14-18)37-3)34-10-8-30-9-11-34/h4-7,12-16,30H,8-11H2,1-3H3,(H,31,32,33). The van der Waals surface area contributed by atoms with E-state index < -0.39 is 11.6 Å². The van der Waals surface area contributed by atoms with Crippen LogP contribution in [0.25, 0.3) is 22.2 Å². The fraction of sp³-hybridized carbons (Fsp3) is 0.296. The summed E-state index contributed by atoms with van der Waals surface area (Å²) in [6.45, 7) is 7.22. The Balaban J connectivity index is 1.51. The molecule has 0 saturated carbocycles. The second kappa shape index (κ2) is 10.1. The highest BCUT2D eigenvalue weighted by atomic mass is 19.1. The third-order valence-electron chi connectivity index (χ3n) is 6.42. The zero-order valence-corrected chi connectivity index (χ0v) is 20.9. The molecule has 0 spiro atoms. The zero-order valence-electron chi connectivity index (χ0n) is 20.9. The molecule has 5 rings (SSSR count). The van der Waals surface area contributed by atoms with Gasteiger partial charge in [0.1, 0.15) is 17.3 Å². The number of rotatable bonds is 6. The summed E-state index contributed by atoms with van der Waals surface area (Å²) in [5, 5.41) is 6.70. The number of pyridine rings is 1. The van der Waals surface area contributed by atoms with Gasteiger partial charge in [0, 0.05) is 61.0 Å². The summed E-state index contributed by atoms with van der Waals surface area (Å²) in [5.74, 6) is -0.436. The Morgan fingerprint density at radius 2 is 1.84 bits per heavy atom. The molecule has 0 bridgehead atoms. The monoisotopic (exact) mass is 506 g/mol. The van der Waals surface area contributed by atoms with Crippen molar-refractivity contribution in [3.63, 3.8) is 0 Å². The molecule has 192 valence electrons. The summed E-state index contributed by atoms with van der Waals surface area (Å²) in [6.07, 6.45) is 1.04. The summed E-state index contributed by atoms with van der Waals surface area (Å²) in [7, 11) is 1.61. The maximum atomic E-state index is 15.0. The van der Waals surface area contributed by atoms with Crippen molar-refractivity contribution in [2.24, 2.45) is 0 Å². The molecule has 0 amide bonds. The molecule has 3 heterocycles. The molecule has 2 aromatic heterocycles. The molecule has 0 unspecified atom stereocenters. The molecule has 1 aliphatic rings. The van der Waals surface area contributed by atoms with E-state index in [1.165, 1.54) is 22.8 Å². The van der Waals surface area contributed by atoms with Crippen LogP contribution in [0.15, 0.2) is 53.5 Å². The first-order chi connectivity index (χ1) is 17.9. The molecule has 0 atom stereocenters. The average Bonchev–Trinajstić information content (AvgIpc) is 2.89. The molecular formula is C27H28F2N6O2. The van der Waals surface area contributed by atoms with Gasteiger partial charge in [-0.15, -0.1) is 0 Å². The predicted molar refractivity (Wildman–Crippen MR) is 141 cm³/mol. The van der Waals surface area contributed by atoms with Gasteiger partial charge in [-0.2, -0.15) is 0 Å². The molecular weight excluding hydrogens is 478 g/mol. The number of ether oxygens (including phenoxy) is 1. The van der Waals surface area contributed by atoms with Crippen molar-refractivity contribution in [2.75, 3.05) is 43.5 Å². The first kappa shape index (κ1) is 24.6. The fourth-order valence-electron chi connectivity index (χ4n) is 4.67. The Kier molecular flexibility index (Phi) is 6.75. The minimum Gasteiger partial charge on any atom is -0.495 e. The molecule has 1 saturated heterocycles. The van der Waals surface area contributed by atoms with Crippen LogP contribution in [0.3, 0.4) is 0 Å². The Morgan fingerprint density at radius 3 is 2.57 bits per heavy atom. The molecule has 0 radical (unpaired) electrons. The normalized spacial score (nSPS) is 13.8. The van der Waals surface area contributed by atoms with E-state index in [9.17, 15) is 9.18 Å². The van der Waals surface area contributed by atoms with E-state index in [1.54, 1.807) is 13.2 Å². The van der Waals surface area contributed by atoms with Gasteiger partial charge in [0.2, 0.25) is 5.95 Å². The van der Waals surface area contributed by atoms with Crippen LogP contribution in [-0.2, 0) is 0 Å². The second-order valence-corrected chi connectivity index (χ2v) is 9.17. The van der Waals surface area contributed by atoms with Gasteiger partial charge in [0.05, 0.1) is 24.5 Å². The van der Waals surface area contributed by atoms with Gasteiger partial charge in [-0.1, -0.05) is 0 Å². The van der Waals surface area contributed by atoms with Crippen LogP contribution in [-0.4, -0.2) is 47.8 Å². The third kappa shape index (κ3) is 4.84. The van der Waals surface area contributed by atoms with Gasteiger partial charge < -0.3 is 24.8 Å². The predicted octanol–water partition coefficient (Wildman–Crippen LogP) is 4.48. The zero-order chi connectivity index (χ0) is 26.1. The number of hydrogen-bond donors (Lipinski definition) is 2. The number of piperazine rings is 1. The molecule has 1 fully saturated rings. The van der Waals surface area contributed by atoms with E-state index in [0.717, 1.165) is 38.1 Å². The van der Waals surface area contributed by atoms with Crippen LogP contribution in [0.4, 0.5) is 26.1 Å². The lowest BCUT2D eigenvalue weighted by Crippen LogP contribution is -2.43. The van der Waals surface area contributed by atoms with E-state index in [4.69, 9.17) is 4.74 Å². The van der Waals surface area contributed by atoms with Gasteiger partial charge in [-0.25, -0.2) is 18.7 Å². The van der Waals surface area contributed by atoms with Crippen molar-refractivity contribution >= 4 is 28.2 Å². The van der Waals surface area contributed by atoms with E-state index in [0.29, 0.717) is 17.0 Å². The van der Waals surface area contributed by atoms with Gasteiger partial charge in [-0.3, -0.25) is 4.79 Å². The minimum atomic E-state index is -0.703. The van der Waals surface area contributed by atoms with Crippen molar-refractivity contribution in [1.29, 1.82) is 0 Å². The SMILES string of the molecule is COc1cc(Nc2ncc(F)c(-c3cc(F)c4ccc(=O)n(C(C)C)c4c3)n2)ccc1N1CCNCC1. The number of aromatic nitrogens is 3. The summed E-state index contributed by atoms with van der Waals surface area (Å²) in [5.41, 5.74) is 1.89. The molecule has 37 heavy (non-hydrogen) atoms. The molecule has 0 aliphatic carbocycles. The smallest absolute Gasteiger partial charge is 0.251 e. The number of nitrogens with zero attached hydrogens (tertiary/aromatic N) is 4. The third-order valence-corrected chi connectivity index (χ3v) is 6.42. The number of anilines is 3. The summed E-state index contributed by atoms with van der Waals surface area (Å²) < 4.78 is 37.0. The molecule has 2 aromatic carbocycles. The van der Waals surface area contributed by atoms with Crippen LogP contribution in [0.1, 0.15) is 19.9 Å². The van der Waals surface area contributed by atoms with Gasteiger partial charge in [0.25, 0.3) is 5.56 Å². The van der Waals surface area contributed by atoms with Crippen LogP contribution in [0.5, 0.6) is 5.75 Å². The van der Waals surface area contributed by atoms with Gasteiger partial charge in [0.15, 0.2) is 5.82 Å². The molecule has 10 heteroatoms. The largest absolute Gasteiger partial charge is 0.495 e. The first-order valence-corrected chi connectivity index (χ1v) is 12.1. The van der Waals surface area contributed by atoms with Gasteiger partial charge in [-0.05, 0) is 44.2 Å². The fourth-order valence-corrected chi connectivity index (χ4v) is 4.67. The number of nitrogens with one attached hydrogen (secondary N) is 2. The molecule has 4 aromatic rings. The van der Waals surface area contributed by atoms with E-state index >= 15 is 4.39 Å². The highest BCUT2D eigenvalue weighted by Crippen LogP contribution is 2.33. The van der Waals surface area contributed by atoms with Crippen LogP contribution >= 0.6 is 0 Å². The van der Waals surface area contributed by atoms with Crippen molar-refractivity contribution < 1.29 is 13.5 Å². The average molecular weight is 507 g/mol. The lowest BCUT2D eigenvalue weighted by atomic mass is 10.1. The lowest BCUT2D eigenvalue weighted by Gasteiger charge is -2.30. The summed E-state index contributed by atoms with van der Waals surface area (Å²) in [4.78, 5) is 23.1. The number of hydrogen-bond acceptors (Lipinski definition) is 7. The Hall–Kier alpha value is -4.05. The Bertz CT molecular complexity index is 1520. The molecule has 8 nitrogen and oxygen atoms in total. The van der Waals surface area contributed by atoms with E-state index in [1.807, 2.05) is 32.0 Å². The van der Waals surface area contributed by atoms with E-state index in [2.05, 4.69) is 25.5 Å². The number of halogens is 2. The number of fused-ring (bicyclic) bond motifs is 1. The summed E-state index contributed by atoms with van der Waals surface area (Å²) in [6, 6.07) is 11.0. The molecule has 1 aliphatic heterocycles. The summed E-state index contributed by atoms with van der Waals surface area (Å²) >= 11 is 0. The topological polar surface area (TPSA) is 84.3 Å². The first-order valence-electron chi connectivity index (χ1n) is 12.1. The van der Waals surface area contributed by atoms with Crippen molar-refractivity contribution in [2.45, 2.75) is 19.9 Å². The van der Waals surface area contributed by atoms with Crippen LogP contribution in [0, 0.1) is 11.6 Å². The minimum absolute atomic E-state index is 0.0747. The van der Waals surface area contributed by atoms with Crippen molar-refractivity contribution in [1.82, 2.24) is 19.9 Å². The molecule has 2 N–H and O–H groups in total. The highest BCUT2D eigenvalue weighted by molar-refractivity contribution is 5.85.